The predicted octanol–water partition coefficient (Wildman–Crippen LogP) is 4.00. The van der Waals surface area contributed by atoms with Crippen molar-refractivity contribution in [1.29, 1.82) is 0 Å². The molecule has 1 fully saturated rings. The SMILES string of the molecule is COC(=O)c1ccc(CCN2C(=O)CC[C@@H]2/C=C/[C@@H](O)[C@@H](C)CC#Cc2ccccc2)cc1. The maximum Gasteiger partial charge on any atom is 0.337 e. The van der Waals surface area contributed by atoms with Crippen molar-refractivity contribution in [3.05, 3.63) is 83.4 Å². The van der Waals surface area contributed by atoms with E-state index < -0.39 is 6.10 Å². The summed E-state index contributed by atoms with van der Waals surface area (Å²) in [5.41, 5.74) is 2.53. The molecule has 3 rings (SSSR count). The number of rotatable bonds is 8. The third-order valence-electron chi connectivity index (χ3n) is 5.94. The summed E-state index contributed by atoms with van der Waals surface area (Å²) in [5, 5.41) is 10.5. The van der Waals surface area contributed by atoms with Crippen LogP contribution in [0.2, 0.25) is 0 Å². The molecule has 1 saturated heterocycles. The van der Waals surface area contributed by atoms with Gasteiger partial charge in [-0.05, 0) is 48.6 Å². The predicted molar refractivity (Wildman–Crippen MR) is 128 cm³/mol. The number of amides is 1. The molecule has 0 radical (unpaired) electrons. The lowest BCUT2D eigenvalue weighted by Gasteiger charge is -2.23. The van der Waals surface area contributed by atoms with Crippen molar-refractivity contribution in [2.75, 3.05) is 13.7 Å². The van der Waals surface area contributed by atoms with Crippen LogP contribution in [0.15, 0.2) is 66.7 Å². The van der Waals surface area contributed by atoms with Crippen molar-refractivity contribution in [3.63, 3.8) is 0 Å². The fraction of sp³-hybridized carbons (Fsp3) is 0.357. The van der Waals surface area contributed by atoms with E-state index in [1.165, 1.54) is 7.11 Å². The summed E-state index contributed by atoms with van der Waals surface area (Å²) >= 11 is 0. The van der Waals surface area contributed by atoms with Gasteiger partial charge in [0.15, 0.2) is 0 Å². The van der Waals surface area contributed by atoms with Crippen LogP contribution in [0.1, 0.15) is 47.7 Å². The van der Waals surface area contributed by atoms with Crippen LogP contribution in [0.25, 0.3) is 0 Å². The smallest absolute Gasteiger partial charge is 0.337 e. The van der Waals surface area contributed by atoms with Crippen LogP contribution in [-0.2, 0) is 16.0 Å². The molecule has 1 aliphatic heterocycles. The van der Waals surface area contributed by atoms with E-state index in [4.69, 9.17) is 4.74 Å². The van der Waals surface area contributed by atoms with E-state index in [0.29, 0.717) is 31.4 Å². The summed E-state index contributed by atoms with van der Waals surface area (Å²) in [6.45, 7) is 2.57. The van der Waals surface area contributed by atoms with Crippen LogP contribution in [0.3, 0.4) is 0 Å². The minimum absolute atomic E-state index is 0.00339. The van der Waals surface area contributed by atoms with Gasteiger partial charge in [-0.2, -0.15) is 0 Å². The minimum Gasteiger partial charge on any atom is -0.465 e. The van der Waals surface area contributed by atoms with E-state index >= 15 is 0 Å². The van der Waals surface area contributed by atoms with Gasteiger partial charge < -0.3 is 14.7 Å². The average molecular weight is 446 g/mol. The quantitative estimate of drug-likeness (QED) is 0.379. The molecule has 2 aromatic carbocycles. The Morgan fingerprint density at radius 1 is 1.21 bits per heavy atom. The topological polar surface area (TPSA) is 66.8 Å². The lowest BCUT2D eigenvalue weighted by atomic mass is 9.99. The van der Waals surface area contributed by atoms with Crippen molar-refractivity contribution in [1.82, 2.24) is 4.90 Å². The molecule has 1 N–H and O–H groups in total. The van der Waals surface area contributed by atoms with Gasteiger partial charge in [0.25, 0.3) is 0 Å². The number of aliphatic hydroxyl groups is 1. The number of hydrogen-bond acceptors (Lipinski definition) is 4. The van der Waals surface area contributed by atoms with Gasteiger partial charge in [-0.25, -0.2) is 4.79 Å². The molecule has 2 aromatic rings. The van der Waals surface area contributed by atoms with Crippen molar-refractivity contribution < 1.29 is 19.4 Å². The third kappa shape index (κ3) is 7.06. The zero-order valence-electron chi connectivity index (χ0n) is 19.2. The lowest BCUT2D eigenvalue weighted by Crippen LogP contribution is -2.34. The van der Waals surface area contributed by atoms with Gasteiger partial charge in [0.1, 0.15) is 0 Å². The third-order valence-corrected chi connectivity index (χ3v) is 5.94. The van der Waals surface area contributed by atoms with Gasteiger partial charge in [-0.15, -0.1) is 0 Å². The summed E-state index contributed by atoms with van der Waals surface area (Å²) in [6.07, 6.45) is 5.71. The Morgan fingerprint density at radius 3 is 2.64 bits per heavy atom. The molecular weight excluding hydrogens is 414 g/mol. The van der Waals surface area contributed by atoms with E-state index in [1.54, 1.807) is 18.2 Å². The maximum atomic E-state index is 12.4. The number of carbonyl (C=O) groups is 2. The van der Waals surface area contributed by atoms with E-state index in [-0.39, 0.29) is 23.8 Å². The Morgan fingerprint density at radius 2 is 1.94 bits per heavy atom. The molecule has 5 heteroatoms. The highest BCUT2D eigenvalue weighted by molar-refractivity contribution is 5.89. The van der Waals surface area contributed by atoms with Crippen LogP contribution in [0.4, 0.5) is 0 Å². The summed E-state index contributed by atoms with van der Waals surface area (Å²) < 4.78 is 4.72. The molecule has 1 aliphatic rings. The van der Waals surface area contributed by atoms with Crippen LogP contribution in [0, 0.1) is 17.8 Å². The van der Waals surface area contributed by atoms with E-state index in [9.17, 15) is 14.7 Å². The molecule has 0 aromatic heterocycles. The zero-order chi connectivity index (χ0) is 23.6. The monoisotopic (exact) mass is 445 g/mol. The first-order chi connectivity index (χ1) is 16.0. The van der Waals surface area contributed by atoms with Crippen LogP contribution in [-0.4, -0.2) is 47.7 Å². The lowest BCUT2D eigenvalue weighted by molar-refractivity contribution is -0.128. The van der Waals surface area contributed by atoms with Crippen molar-refractivity contribution in [2.24, 2.45) is 5.92 Å². The Kier molecular flexibility index (Phi) is 8.86. The molecule has 0 aliphatic carbocycles. The van der Waals surface area contributed by atoms with E-state index in [2.05, 4.69) is 11.8 Å². The maximum absolute atomic E-state index is 12.4. The van der Waals surface area contributed by atoms with Gasteiger partial charge >= 0.3 is 5.97 Å². The summed E-state index contributed by atoms with van der Waals surface area (Å²) in [7, 11) is 1.36. The Bertz CT molecular complexity index is 1020. The second kappa shape index (κ2) is 12.0. The van der Waals surface area contributed by atoms with Gasteiger partial charge in [-0.3, -0.25) is 4.79 Å². The second-order valence-corrected chi connectivity index (χ2v) is 8.36. The Labute approximate surface area is 196 Å². The molecule has 0 bridgehead atoms. The van der Waals surface area contributed by atoms with Crippen LogP contribution in [0.5, 0.6) is 0 Å². The molecule has 3 atom stereocenters. The molecular formula is C28H31NO4. The summed E-state index contributed by atoms with van der Waals surface area (Å²) in [5.74, 6) is 6.03. The zero-order valence-corrected chi connectivity index (χ0v) is 19.2. The largest absolute Gasteiger partial charge is 0.465 e. The highest BCUT2D eigenvalue weighted by atomic mass is 16.5. The molecule has 172 valence electrons. The normalized spacial score (nSPS) is 17.5. The number of benzene rings is 2. The fourth-order valence-electron chi connectivity index (χ4n) is 3.81. The molecule has 0 spiro atoms. The fourth-order valence-corrected chi connectivity index (χ4v) is 3.81. The van der Waals surface area contributed by atoms with Crippen molar-refractivity contribution in [3.8, 4) is 11.8 Å². The second-order valence-electron chi connectivity index (χ2n) is 8.36. The number of aliphatic hydroxyl groups excluding tert-OH is 1. The number of hydrogen-bond donors (Lipinski definition) is 1. The number of methoxy groups -OCH3 is 1. The molecule has 1 heterocycles. The molecule has 0 unspecified atom stereocenters. The Balaban J connectivity index is 1.52. The van der Waals surface area contributed by atoms with E-state index in [0.717, 1.165) is 17.5 Å². The highest BCUT2D eigenvalue weighted by Gasteiger charge is 2.28. The number of ether oxygens (including phenoxy) is 1. The van der Waals surface area contributed by atoms with Crippen LogP contribution >= 0.6 is 0 Å². The molecule has 1 amide bonds. The first kappa shape index (κ1) is 24.3. The van der Waals surface area contributed by atoms with Gasteiger partial charge in [0.2, 0.25) is 5.91 Å². The molecule has 5 nitrogen and oxygen atoms in total. The Hall–Kier alpha value is -3.36. The first-order valence-corrected chi connectivity index (χ1v) is 11.3. The highest BCUT2D eigenvalue weighted by Crippen LogP contribution is 2.21. The number of nitrogens with zero attached hydrogens (tertiary/aromatic N) is 1. The van der Waals surface area contributed by atoms with Crippen molar-refractivity contribution in [2.45, 2.75) is 44.8 Å². The van der Waals surface area contributed by atoms with Gasteiger partial charge in [-0.1, -0.05) is 61.2 Å². The van der Waals surface area contributed by atoms with Gasteiger partial charge in [0.05, 0.1) is 24.8 Å². The summed E-state index contributed by atoms with van der Waals surface area (Å²) in [6, 6.07) is 17.0. The van der Waals surface area contributed by atoms with E-state index in [1.807, 2.05) is 60.4 Å². The summed E-state index contributed by atoms with van der Waals surface area (Å²) in [4.78, 5) is 25.8. The van der Waals surface area contributed by atoms with Crippen LogP contribution < -0.4 is 0 Å². The number of likely N-dealkylation sites (tertiary alicyclic amines) is 1. The molecule has 0 saturated carbocycles. The first-order valence-electron chi connectivity index (χ1n) is 11.3. The minimum atomic E-state index is -0.613. The van der Waals surface area contributed by atoms with Crippen molar-refractivity contribution >= 4 is 11.9 Å². The molecule has 33 heavy (non-hydrogen) atoms. The number of esters is 1. The average Bonchev–Trinajstić information content (AvgIpc) is 3.20. The standard InChI is InChI=1S/C28H31NO4/c1-21(7-6-10-22-8-4-3-5-9-22)26(30)17-15-25-16-18-27(31)29(25)20-19-23-11-13-24(14-12-23)28(32)33-2/h3-5,8-9,11-15,17,21,25-26,30H,7,16,18-20H2,1-2H3/b17-15+/t21-,25-,26+/m0/s1. The van der Waals surface area contributed by atoms with Gasteiger partial charge in [0, 0.05) is 24.9 Å². The number of carbonyl (C=O) groups excluding carboxylic acids is 2.